The minimum Gasteiger partial charge on any atom is -0.494 e. The Hall–Kier alpha value is -2.82. The zero-order chi connectivity index (χ0) is 17.4. The van der Waals surface area contributed by atoms with E-state index in [2.05, 4.69) is 10.5 Å². The molecule has 0 aliphatic rings. The van der Waals surface area contributed by atoms with Gasteiger partial charge in [-0.25, -0.2) is 5.43 Å². The highest BCUT2D eigenvalue weighted by molar-refractivity contribution is 5.95. The summed E-state index contributed by atoms with van der Waals surface area (Å²) in [6.07, 6.45) is 1.56. The molecule has 0 unspecified atom stereocenters. The SMILES string of the molecule is CCOc1ccc(/C=N\NC(=O)c2cccc(C)c2)c(OCC)c1. The van der Waals surface area contributed by atoms with Crippen LogP contribution in [0.15, 0.2) is 47.6 Å². The van der Waals surface area contributed by atoms with Gasteiger partial charge in [-0.2, -0.15) is 5.10 Å². The van der Waals surface area contributed by atoms with E-state index in [1.807, 2.05) is 57.2 Å². The molecule has 2 rings (SSSR count). The van der Waals surface area contributed by atoms with E-state index < -0.39 is 0 Å². The van der Waals surface area contributed by atoms with Crippen LogP contribution in [0.1, 0.15) is 35.3 Å². The van der Waals surface area contributed by atoms with Crippen LogP contribution in [0.25, 0.3) is 0 Å². The van der Waals surface area contributed by atoms with Gasteiger partial charge in [-0.15, -0.1) is 0 Å². The number of hydrazone groups is 1. The number of hydrogen-bond donors (Lipinski definition) is 1. The second-order valence-electron chi connectivity index (χ2n) is 5.13. The average molecular weight is 326 g/mol. The monoisotopic (exact) mass is 326 g/mol. The largest absolute Gasteiger partial charge is 0.494 e. The van der Waals surface area contributed by atoms with Crippen LogP contribution in [0.4, 0.5) is 0 Å². The fraction of sp³-hybridized carbons (Fsp3) is 0.263. The zero-order valence-electron chi connectivity index (χ0n) is 14.2. The first-order chi connectivity index (χ1) is 11.6. The molecule has 126 valence electrons. The molecule has 0 spiro atoms. The molecule has 0 atom stereocenters. The first-order valence-corrected chi connectivity index (χ1v) is 7.93. The van der Waals surface area contributed by atoms with Gasteiger partial charge in [0, 0.05) is 17.2 Å². The number of rotatable bonds is 7. The average Bonchev–Trinajstić information content (AvgIpc) is 2.57. The van der Waals surface area contributed by atoms with Crippen molar-refractivity contribution < 1.29 is 14.3 Å². The van der Waals surface area contributed by atoms with Gasteiger partial charge in [-0.3, -0.25) is 4.79 Å². The predicted octanol–water partition coefficient (Wildman–Crippen LogP) is 3.56. The van der Waals surface area contributed by atoms with E-state index in [0.29, 0.717) is 24.5 Å². The Kier molecular flexibility index (Phi) is 6.37. The van der Waals surface area contributed by atoms with Crippen molar-refractivity contribution in [1.29, 1.82) is 0 Å². The van der Waals surface area contributed by atoms with Crippen LogP contribution in [0.3, 0.4) is 0 Å². The number of carbonyl (C=O) groups is 1. The van der Waals surface area contributed by atoms with Gasteiger partial charge in [0.15, 0.2) is 0 Å². The number of carbonyl (C=O) groups excluding carboxylic acids is 1. The predicted molar refractivity (Wildman–Crippen MR) is 95.0 cm³/mol. The first-order valence-electron chi connectivity index (χ1n) is 7.93. The Morgan fingerprint density at radius 1 is 1.12 bits per heavy atom. The number of nitrogens with zero attached hydrogens (tertiary/aromatic N) is 1. The summed E-state index contributed by atoms with van der Waals surface area (Å²) in [5.74, 6) is 1.15. The lowest BCUT2D eigenvalue weighted by Gasteiger charge is -2.10. The maximum absolute atomic E-state index is 12.1. The van der Waals surface area contributed by atoms with Crippen LogP contribution in [0.2, 0.25) is 0 Å². The molecule has 0 aromatic heterocycles. The Labute approximate surface area is 142 Å². The van der Waals surface area contributed by atoms with Gasteiger partial charge in [-0.05, 0) is 45.0 Å². The number of ether oxygens (including phenoxy) is 2. The molecule has 24 heavy (non-hydrogen) atoms. The molecule has 2 aromatic carbocycles. The third-order valence-corrected chi connectivity index (χ3v) is 3.25. The molecule has 0 heterocycles. The van der Waals surface area contributed by atoms with Crippen molar-refractivity contribution in [3.8, 4) is 11.5 Å². The fourth-order valence-electron chi connectivity index (χ4n) is 2.17. The standard InChI is InChI=1S/C19H22N2O3/c1-4-23-17-10-9-16(18(12-17)24-5-2)13-20-21-19(22)15-8-6-7-14(3)11-15/h6-13H,4-5H2,1-3H3,(H,21,22)/b20-13-. The van der Waals surface area contributed by atoms with Crippen LogP contribution in [0.5, 0.6) is 11.5 Å². The fourth-order valence-corrected chi connectivity index (χ4v) is 2.17. The lowest BCUT2D eigenvalue weighted by molar-refractivity contribution is 0.0955. The quantitative estimate of drug-likeness (QED) is 0.625. The molecular weight excluding hydrogens is 304 g/mol. The molecule has 5 heteroatoms. The van der Waals surface area contributed by atoms with Crippen molar-refractivity contribution in [2.45, 2.75) is 20.8 Å². The molecule has 0 aliphatic heterocycles. The molecule has 0 radical (unpaired) electrons. The van der Waals surface area contributed by atoms with Crippen molar-refractivity contribution >= 4 is 12.1 Å². The van der Waals surface area contributed by atoms with Gasteiger partial charge in [0.2, 0.25) is 0 Å². The van der Waals surface area contributed by atoms with Gasteiger partial charge < -0.3 is 9.47 Å². The van der Waals surface area contributed by atoms with Crippen LogP contribution in [-0.4, -0.2) is 25.3 Å². The molecule has 0 aliphatic carbocycles. The van der Waals surface area contributed by atoms with Crippen LogP contribution >= 0.6 is 0 Å². The Bertz CT molecular complexity index is 726. The number of benzene rings is 2. The number of amides is 1. The molecule has 1 amide bonds. The van der Waals surface area contributed by atoms with E-state index in [0.717, 1.165) is 16.9 Å². The van der Waals surface area contributed by atoms with Crippen molar-refractivity contribution in [2.75, 3.05) is 13.2 Å². The second-order valence-corrected chi connectivity index (χ2v) is 5.13. The molecule has 0 bridgehead atoms. The highest BCUT2D eigenvalue weighted by atomic mass is 16.5. The zero-order valence-corrected chi connectivity index (χ0v) is 14.2. The van der Waals surface area contributed by atoms with Crippen LogP contribution in [-0.2, 0) is 0 Å². The van der Waals surface area contributed by atoms with E-state index in [4.69, 9.17) is 9.47 Å². The lowest BCUT2D eigenvalue weighted by Crippen LogP contribution is -2.17. The highest BCUT2D eigenvalue weighted by Crippen LogP contribution is 2.23. The van der Waals surface area contributed by atoms with Gasteiger partial charge >= 0.3 is 0 Å². The van der Waals surface area contributed by atoms with Crippen LogP contribution < -0.4 is 14.9 Å². The van der Waals surface area contributed by atoms with Gasteiger partial charge in [0.05, 0.1) is 19.4 Å². The second kappa shape index (κ2) is 8.72. The molecule has 0 saturated heterocycles. The van der Waals surface area contributed by atoms with Gasteiger partial charge in [0.25, 0.3) is 5.91 Å². The smallest absolute Gasteiger partial charge is 0.271 e. The van der Waals surface area contributed by atoms with E-state index in [9.17, 15) is 4.79 Å². The Balaban J connectivity index is 2.09. The highest BCUT2D eigenvalue weighted by Gasteiger charge is 2.06. The molecular formula is C19H22N2O3. The number of hydrogen-bond acceptors (Lipinski definition) is 4. The summed E-state index contributed by atoms with van der Waals surface area (Å²) in [5, 5.41) is 4.02. The van der Waals surface area contributed by atoms with Crippen molar-refractivity contribution in [2.24, 2.45) is 5.10 Å². The maximum atomic E-state index is 12.1. The van der Waals surface area contributed by atoms with Gasteiger partial charge in [-0.1, -0.05) is 17.7 Å². The molecule has 1 N–H and O–H groups in total. The Morgan fingerprint density at radius 2 is 1.92 bits per heavy atom. The third-order valence-electron chi connectivity index (χ3n) is 3.25. The summed E-state index contributed by atoms with van der Waals surface area (Å²) in [5.41, 5.74) is 4.89. The molecule has 0 saturated carbocycles. The summed E-state index contributed by atoms with van der Waals surface area (Å²) in [6.45, 7) is 6.90. The van der Waals surface area contributed by atoms with E-state index in [1.54, 1.807) is 12.3 Å². The van der Waals surface area contributed by atoms with Crippen molar-refractivity contribution in [3.05, 3.63) is 59.2 Å². The van der Waals surface area contributed by atoms with E-state index >= 15 is 0 Å². The molecule has 0 fully saturated rings. The van der Waals surface area contributed by atoms with E-state index in [-0.39, 0.29) is 5.91 Å². The third kappa shape index (κ3) is 4.84. The van der Waals surface area contributed by atoms with E-state index in [1.165, 1.54) is 0 Å². The first kappa shape index (κ1) is 17.5. The summed E-state index contributed by atoms with van der Waals surface area (Å²) in [6, 6.07) is 12.8. The number of aryl methyl sites for hydroxylation is 1. The summed E-state index contributed by atoms with van der Waals surface area (Å²) in [7, 11) is 0. The Morgan fingerprint density at radius 3 is 2.62 bits per heavy atom. The number of nitrogens with one attached hydrogen (secondary N) is 1. The molecule has 5 nitrogen and oxygen atoms in total. The summed E-state index contributed by atoms with van der Waals surface area (Å²) < 4.78 is 11.1. The summed E-state index contributed by atoms with van der Waals surface area (Å²) in [4.78, 5) is 12.1. The molecule has 2 aromatic rings. The maximum Gasteiger partial charge on any atom is 0.271 e. The normalized spacial score (nSPS) is 10.6. The van der Waals surface area contributed by atoms with Crippen molar-refractivity contribution in [1.82, 2.24) is 5.43 Å². The summed E-state index contributed by atoms with van der Waals surface area (Å²) >= 11 is 0. The van der Waals surface area contributed by atoms with Gasteiger partial charge in [0.1, 0.15) is 11.5 Å². The minimum absolute atomic E-state index is 0.251. The van der Waals surface area contributed by atoms with Crippen molar-refractivity contribution in [3.63, 3.8) is 0 Å². The lowest BCUT2D eigenvalue weighted by atomic mass is 10.1. The minimum atomic E-state index is -0.251. The van der Waals surface area contributed by atoms with Crippen LogP contribution in [0, 0.1) is 6.92 Å². The topological polar surface area (TPSA) is 59.9 Å².